The molecule has 1 spiro atoms. The van der Waals surface area contributed by atoms with Gasteiger partial charge in [-0.15, -0.1) is 0 Å². The molecule has 4 rings (SSSR count). The predicted molar refractivity (Wildman–Crippen MR) is 107 cm³/mol. The molecule has 0 bridgehead atoms. The Morgan fingerprint density at radius 2 is 1.91 bits per heavy atom. The molecule has 4 heterocycles. The summed E-state index contributed by atoms with van der Waals surface area (Å²) in [7, 11) is 0. The molecule has 2 aromatic rings. The van der Waals surface area contributed by atoms with Gasteiger partial charge in [-0.25, -0.2) is 9.78 Å². The van der Waals surface area contributed by atoms with Crippen LogP contribution in [-0.2, 0) is 9.53 Å². The molecule has 1 unspecified atom stereocenters. The van der Waals surface area contributed by atoms with Crippen LogP contribution in [0.25, 0.3) is 0 Å². The predicted octanol–water partition coefficient (Wildman–Crippen LogP) is 3.16. The minimum absolute atomic E-state index is 0.00428. The molecule has 0 radical (unpaired) electrons. The van der Waals surface area contributed by atoms with Crippen molar-refractivity contribution < 1.29 is 41.9 Å². The summed E-state index contributed by atoms with van der Waals surface area (Å²) in [5.41, 5.74) is 1.04. The van der Waals surface area contributed by atoms with Gasteiger partial charge in [0.2, 0.25) is 5.88 Å². The van der Waals surface area contributed by atoms with E-state index in [1.165, 1.54) is 0 Å². The molecule has 2 aromatic heterocycles. The molecule has 12 heteroatoms. The molecule has 2 aliphatic heterocycles. The van der Waals surface area contributed by atoms with E-state index in [9.17, 15) is 18.0 Å². The number of ether oxygens (including phenoxy) is 2. The van der Waals surface area contributed by atoms with Gasteiger partial charge in [-0.05, 0) is 32.8 Å². The van der Waals surface area contributed by atoms with Gasteiger partial charge < -0.3 is 24.0 Å². The summed E-state index contributed by atoms with van der Waals surface area (Å²) < 4.78 is 48.9. The maximum Gasteiger partial charge on any atom is 0.490 e. The second-order valence-electron chi connectivity index (χ2n) is 7.90. The van der Waals surface area contributed by atoms with Crippen LogP contribution in [-0.4, -0.2) is 69.6 Å². The van der Waals surface area contributed by atoms with Crippen molar-refractivity contribution in [2.75, 3.05) is 19.7 Å². The smallest absolute Gasteiger partial charge is 0.475 e. The summed E-state index contributed by atoms with van der Waals surface area (Å²) >= 11 is 0. The van der Waals surface area contributed by atoms with E-state index in [4.69, 9.17) is 23.9 Å². The summed E-state index contributed by atoms with van der Waals surface area (Å²) in [6.45, 7) is 5.47. The van der Waals surface area contributed by atoms with Crippen LogP contribution in [0.1, 0.15) is 41.1 Å². The van der Waals surface area contributed by atoms with Crippen molar-refractivity contribution in [2.45, 2.75) is 51.0 Å². The van der Waals surface area contributed by atoms with Crippen molar-refractivity contribution in [1.82, 2.24) is 15.0 Å². The van der Waals surface area contributed by atoms with E-state index >= 15 is 0 Å². The Morgan fingerprint density at radius 1 is 1.24 bits per heavy atom. The summed E-state index contributed by atoms with van der Waals surface area (Å²) in [5.74, 6) is -1.55. The number of carbonyl (C=O) groups excluding carboxylic acids is 1. The number of pyridine rings is 1. The van der Waals surface area contributed by atoms with Gasteiger partial charge in [-0.3, -0.25) is 4.79 Å². The van der Waals surface area contributed by atoms with Gasteiger partial charge in [0.05, 0.1) is 17.9 Å². The molecule has 1 amide bonds. The summed E-state index contributed by atoms with van der Waals surface area (Å²) in [5, 5.41) is 11.0. The maximum atomic E-state index is 12.8. The van der Waals surface area contributed by atoms with Gasteiger partial charge in [-0.1, -0.05) is 11.2 Å². The van der Waals surface area contributed by atoms with Gasteiger partial charge in [0, 0.05) is 31.8 Å². The van der Waals surface area contributed by atoms with Gasteiger partial charge in [0.1, 0.15) is 17.4 Å². The zero-order valence-electron chi connectivity index (χ0n) is 18.1. The van der Waals surface area contributed by atoms with Crippen molar-refractivity contribution in [3.05, 3.63) is 41.4 Å². The van der Waals surface area contributed by atoms with E-state index in [1.807, 2.05) is 23.1 Å². The highest BCUT2D eigenvalue weighted by molar-refractivity contribution is 5.96. The number of amides is 1. The average molecular weight is 471 g/mol. The fraction of sp³-hybridized carbons (Fsp3) is 0.524. The number of nitrogens with zero attached hydrogens (tertiary/aromatic N) is 3. The topological polar surface area (TPSA) is 115 Å². The zero-order valence-corrected chi connectivity index (χ0v) is 18.1. The number of piperidine rings is 1. The molecule has 33 heavy (non-hydrogen) atoms. The van der Waals surface area contributed by atoms with Crippen LogP contribution in [0.5, 0.6) is 5.88 Å². The molecule has 2 aliphatic rings. The highest BCUT2D eigenvalue weighted by atomic mass is 19.4. The zero-order chi connectivity index (χ0) is 24.2. The van der Waals surface area contributed by atoms with Crippen LogP contribution in [0, 0.1) is 13.8 Å². The third-order valence-corrected chi connectivity index (χ3v) is 5.55. The summed E-state index contributed by atoms with van der Waals surface area (Å²) in [6.07, 6.45) is -0.903. The van der Waals surface area contributed by atoms with Crippen LogP contribution < -0.4 is 4.74 Å². The maximum absolute atomic E-state index is 12.8. The first-order chi connectivity index (χ1) is 15.5. The number of hydrogen-bond acceptors (Lipinski definition) is 7. The lowest BCUT2D eigenvalue weighted by Gasteiger charge is -2.38. The molecular weight excluding hydrogens is 447 g/mol. The minimum atomic E-state index is -5.08. The van der Waals surface area contributed by atoms with E-state index in [0.29, 0.717) is 42.6 Å². The van der Waals surface area contributed by atoms with E-state index < -0.39 is 12.1 Å². The lowest BCUT2D eigenvalue weighted by atomic mass is 9.87. The highest BCUT2D eigenvalue weighted by Crippen LogP contribution is 2.37. The van der Waals surface area contributed by atoms with Crippen LogP contribution in [0.4, 0.5) is 13.2 Å². The first-order valence-electron chi connectivity index (χ1n) is 10.2. The number of carboxylic acids is 1. The van der Waals surface area contributed by atoms with Crippen molar-refractivity contribution in [2.24, 2.45) is 0 Å². The van der Waals surface area contributed by atoms with E-state index in [-0.39, 0.29) is 17.6 Å². The number of likely N-dealkylation sites (tertiary alicyclic amines) is 1. The van der Waals surface area contributed by atoms with E-state index in [0.717, 1.165) is 19.3 Å². The molecule has 2 saturated heterocycles. The number of aromatic nitrogens is 2. The molecule has 0 aliphatic carbocycles. The first-order valence-corrected chi connectivity index (χ1v) is 10.2. The monoisotopic (exact) mass is 471 g/mol. The number of aliphatic carboxylic acids is 1. The van der Waals surface area contributed by atoms with Gasteiger partial charge in [0.15, 0.2) is 0 Å². The van der Waals surface area contributed by atoms with Gasteiger partial charge >= 0.3 is 12.1 Å². The third-order valence-electron chi connectivity index (χ3n) is 5.55. The summed E-state index contributed by atoms with van der Waals surface area (Å²) in [6, 6.07) is 5.63. The molecule has 180 valence electrons. The van der Waals surface area contributed by atoms with Crippen molar-refractivity contribution in [1.29, 1.82) is 0 Å². The Bertz CT molecular complexity index is 952. The Balaban J connectivity index is 0.000000383. The van der Waals surface area contributed by atoms with Gasteiger partial charge in [-0.2, -0.15) is 13.2 Å². The van der Waals surface area contributed by atoms with Crippen LogP contribution in [0.2, 0.25) is 0 Å². The number of hydrogen-bond donors (Lipinski definition) is 1. The molecule has 1 N–H and O–H groups in total. The quantitative estimate of drug-likeness (QED) is 0.726. The van der Waals surface area contributed by atoms with Crippen molar-refractivity contribution in [3.63, 3.8) is 0 Å². The molecule has 0 saturated carbocycles. The first kappa shape index (κ1) is 24.5. The average Bonchev–Trinajstić information content (AvgIpc) is 3.31. The van der Waals surface area contributed by atoms with Crippen molar-refractivity contribution in [3.8, 4) is 5.88 Å². The number of aryl methyl sites for hydroxylation is 2. The number of carboxylic acid groups (broad SMARTS) is 1. The Morgan fingerprint density at radius 3 is 2.42 bits per heavy atom. The Labute approximate surface area is 187 Å². The van der Waals surface area contributed by atoms with Crippen LogP contribution in [0.15, 0.2) is 28.9 Å². The number of carbonyl (C=O) groups is 2. The highest BCUT2D eigenvalue weighted by Gasteiger charge is 2.45. The molecule has 1 atom stereocenters. The van der Waals surface area contributed by atoms with Crippen molar-refractivity contribution >= 4 is 11.9 Å². The van der Waals surface area contributed by atoms with Gasteiger partial charge in [0.25, 0.3) is 5.91 Å². The lowest BCUT2D eigenvalue weighted by Crippen LogP contribution is -2.46. The Kier molecular flexibility index (Phi) is 7.25. The SMILES string of the molecule is Cc1noc(C)c1C(=O)N1CCC2(CC1)CC(Oc1ccccn1)CO2.O=C(O)C(F)(F)F. The molecule has 2 fully saturated rings. The molecule has 0 aromatic carbocycles. The number of rotatable bonds is 3. The minimum Gasteiger partial charge on any atom is -0.475 e. The second kappa shape index (κ2) is 9.77. The number of alkyl halides is 3. The Hall–Kier alpha value is -3.15. The number of halogens is 3. The molecule has 9 nitrogen and oxygen atoms in total. The third kappa shape index (κ3) is 6.01. The fourth-order valence-electron chi connectivity index (χ4n) is 3.88. The summed E-state index contributed by atoms with van der Waals surface area (Å²) in [4.78, 5) is 27.7. The normalized spacial score (nSPS) is 19.7. The van der Waals surface area contributed by atoms with Crippen LogP contribution in [0.3, 0.4) is 0 Å². The van der Waals surface area contributed by atoms with Crippen LogP contribution >= 0.6 is 0 Å². The fourth-order valence-corrected chi connectivity index (χ4v) is 3.88. The standard InChI is InChI=1S/C19H23N3O4.C2HF3O2/c1-13-17(14(2)26-21-13)18(23)22-9-6-19(7-10-22)11-15(12-24-19)25-16-5-3-4-8-20-16;3-2(4,5)1(6)7/h3-5,8,15H,6-7,9-12H2,1-2H3;(H,6,7). The second-order valence-corrected chi connectivity index (χ2v) is 7.90. The van der Waals surface area contributed by atoms with E-state index in [2.05, 4.69) is 10.1 Å². The largest absolute Gasteiger partial charge is 0.490 e. The van der Waals surface area contributed by atoms with E-state index in [1.54, 1.807) is 20.0 Å². The lowest BCUT2D eigenvalue weighted by molar-refractivity contribution is -0.192. The molecular formula is C21H24F3N3O6.